The fraction of sp³-hybridized carbons (Fsp3) is 0.133. The number of para-hydroxylation sites is 1. The summed E-state index contributed by atoms with van der Waals surface area (Å²) in [5, 5.41) is 5.60. The Kier molecular flexibility index (Phi) is 3.54. The monoisotopic (exact) mass is 333 g/mol. The van der Waals surface area contributed by atoms with E-state index in [1.165, 1.54) is 6.07 Å². The molecule has 102 valence electrons. The van der Waals surface area contributed by atoms with Gasteiger partial charge in [0.25, 0.3) is 0 Å². The first-order chi connectivity index (χ1) is 9.69. The Labute approximate surface area is 124 Å². The maximum absolute atomic E-state index is 13.3. The Morgan fingerprint density at radius 3 is 2.75 bits per heavy atom. The van der Waals surface area contributed by atoms with Crippen molar-refractivity contribution in [3.8, 4) is 0 Å². The SMILES string of the molecule is NCc1nn(Cc2ccc(F)c(Br)c2)c2ccccc12. The van der Waals surface area contributed by atoms with Crippen molar-refractivity contribution in [1.29, 1.82) is 0 Å². The number of benzene rings is 2. The predicted molar refractivity (Wildman–Crippen MR) is 80.8 cm³/mol. The summed E-state index contributed by atoms with van der Waals surface area (Å²) in [5.41, 5.74) is 8.63. The molecule has 0 saturated heterocycles. The van der Waals surface area contributed by atoms with Gasteiger partial charge in [0, 0.05) is 11.9 Å². The van der Waals surface area contributed by atoms with E-state index in [1.807, 2.05) is 28.9 Å². The normalized spacial score (nSPS) is 11.2. The van der Waals surface area contributed by atoms with E-state index in [0.29, 0.717) is 17.6 Å². The highest BCUT2D eigenvalue weighted by Crippen LogP contribution is 2.21. The number of nitrogens with two attached hydrogens (primary N) is 1. The molecule has 1 aromatic heterocycles. The van der Waals surface area contributed by atoms with E-state index in [2.05, 4.69) is 21.0 Å². The summed E-state index contributed by atoms with van der Waals surface area (Å²) in [5.74, 6) is -0.262. The van der Waals surface area contributed by atoms with Crippen LogP contribution in [0.2, 0.25) is 0 Å². The van der Waals surface area contributed by atoms with Gasteiger partial charge in [-0.2, -0.15) is 5.10 Å². The van der Waals surface area contributed by atoms with Gasteiger partial charge < -0.3 is 5.73 Å². The Morgan fingerprint density at radius 2 is 2.00 bits per heavy atom. The summed E-state index contributed by atoms with van der Waals surface area (Å²) >= 11 is 3.20. The lowest BCUT2D eigenvalue weighted by atomic mass is 10.2. The average Bonchev–Trinajstić information content (AvgIpc) is 2.81. The molecule has 0 amide bonds. The molecule has 0 bridgehead atoms. The molecule has 20 heavy (non-hydrogen) atoms. The van der Waals surface area contributed by atoms with Crippen molar-refractivity contribution in [2.75, 3.05) is 0 Å². The van der Waals surface area contributed by atoms with Crippen LogP contribution >= 0.6 is 15.9 Å². The van der Waals surface area contributed by atoms with Crippen LogP contribution in [0.3, 0.4) is 0 Å². The molecule has 0 fully saturated rings. The minimum atomic E-state index is -0.262. The number of halogens is 2. The summed E-state index contributed by atoms with van der Waals surface area (Å²) in [4.78, 5) is 0. The molecule has 5 heteroatoms. The molecule has 2 N–H and O–H groups in total. The van der Waals surface area contributed by atoms with Gasteiger partial charge in [-0.3, -0.25) is 4.68 Å². The third-order valence-electron chi connectivity index (χ3n) is 3.24. The van der Waals surface area contributed by atoms with E-state index >= 15 is 0 Å². The number of hydrogen-bond donors (Lipinski definition) is 1. The van der Waals surface area contributed by atoms with Crippen molar-refractivity contribution < 1.29 is 4.39 Å². The zero-order chi connectivity index (χ0) is 14.1. The summed E-state index contributed by atoms with van der Waals surface area (Å²) in [7, 11) is 0. The Balaban J connectivity index is 2.04. The molecule has 0 spiro atoms. The van der Waals surface area contributed by atoms with Crippen LogP contribution in [0, 0.1) is 5.82 Å². The second-order valence-corrected chi connectivity index (χ2v) is 5.43. The van der Waals surface area contributed by atoms with Crippen molar-refractivity contribution >= 4 is 26.8 Å². The van der Waals surface area contributed by atoms with Crippen LogP contribution < -0.4 is 5.73 Å². The number of fused-ring (bicyclic) bond motifs is 1. The minimum absolute atomic E-state index is 0.262. The van der Waals surface area contributed by atoms with Gasteiger partial charge >= 0.3 is 0 Å². The van der Waals surface area contributed by atoms with Crippen molar-refractivity contribution in [3.05, 3.63) is 64.0 Å². The topological polar surface area (TPSA) is 43.8 Å². The van der Waals surface area contributed by atoms with E-state index in [1.54, 1.807) is 12.1 Å². The molecule has 3 aromatic rings. The first-order valence-corrected chi connectivity index (χ1v) is 7.07. The molecule has 3 nitrogen and oxygen atoms in total. The molecule has 0 atom stereocenters. The standard InChI is InChI=1S/C15H13BrFN3/c16-12-7-10(5-6-13(12)17)9-20-15-4-2-1-3-11(15)14(8-18)19-20/h1-7H,8-9,18H2. The van der Waals surface area contributed by atoms with Crippen LogP contribution in [0.15, 0.2) is 46.9 Å². The number of nitrogens with zero attached hydrogens (tertiary/aromatic N) is 2. The van der Waals surface area contributed by atoms with Crippen LogP contribution in [0.25, 0.3) is 10.9 Å². The Bertz CT molecular complexity index is 767. The lowest BCUT2D eigenvalue weighted by Gasteiger charge is -2.05. The van der Waals surface area contributed by atoms with Gasteiger partial charge in [-0.15, -0.1) is 0 Å². The fourth-order valence-electron chi connectivity index (χ4n) is 2.28. The lowest BCUT2D eigenvalue weighted by Crippen LogP contribution is -2.04. The number of aromatic nitrogens is 2. The molecule has 0 aliphatic rings. The summed E-state index contributed by atoms with van der Waals surface area (Å²) in [6, 6.07) is 13.0. The van der Waals surface area contributed by atoms with Crippen molar-refractivity contribution in [3.63, 3.8) is 0 Å². The van der Waals surface area contributed by atoms with Gasteiger partial charge in [0.15, 0.2) is 0 Å². The third-order valence-corrected chi connectivity index (χ3v) is 3.85. The van der Waals surface area contributed by atoms with Crippen LogP contribution in [-0.2, 0) is 13.1 Å². The molecule has 0 aliphatic heterocycles. The smallest absolute Gasteiger partial charge is 0.137 e. The van der Waals surface area contributed by atoms with Crippen molar-refractivity contribution in [2.45, 2.75) is 13.1 Å². The average molecular weight is 334 g/mol. The molecule has 0 unspecified atom stereocenters. The maximum Gasteiger partial charge on any atom is 0.137 e. The second-order valence-electron chi connectivity index (χ2n) is 4.57. The Hall–Kier alpha value is -1.72. The lowest BCUT2D eigenvalue weighted by molar-refractivity contribution is 0.618. The van der Waals surface area contributed by atoms with E-state index in [0.717, 1.165) is 22.2 Å². The van der Waals surface area contributed by atoms with Crippen molar-refractivity contribution in [1.82, 2.24) is 9.78 Å². The molecular weight excluding hydrogens is 321 g/mol. The van der Waals surface area contributed by atoms with Crippen LogP contribution in [0.1, 0.15) is 11.3 Å². The molecule has 3 rings (SSSR count). The molecular formula is C15H13BrFN3. The highest BCUT2D eigenvalue weighted by atomic mass is 79.9. The van der Waals surface area contributed by atoms with E-state index < -0.39 is 0 Å². The molecule has 1 heterocycles. The number of hydrogen-bond acceptors (Lipinski definition) is 2. The molecule has 0 saturated carbocycles. The first-order valence-electron chi connectivity index (χ1n) is 6.27. The van der Waals surface area contributed by atoms with Crippen LogP contribution in [-0.4, -0.2) is 9.78 Å². The molecule has 2 aromatic carbocycles. The van der Waals surface area contributed by atoms with Crippen LogP contribution in [0.4, 0.5) is 4.39 Å². The second kappa shape index (κ2) is 5.34. The van der Waals surface area contributed by atoms with Gasteiger partial charge in [0.2, 0.25) is 0 Å². The predicted octanol–water partition coefficient (Wildman–Crippen LogP) is 3.44. The van der Waals surface area contributed by atoms with Gasteiger partial charge in [0.05, 0.1) is 22.2 Å². The Morgan fingerprint density at radius 1 is 1.20 bits per heavy atom. The highest BCUT2D eigenvalue weighted by Gasteiger charge is 2.09. The van der Waals surface area contributed by atoms with Crippen molar-refractivity contribution in [2.24, 2.45) is 5.73 Å². The highest BCUT2D eigenvalue weighted by molar-refractivity contribution is 9.10. The molecule has 0 aliphatic carbocycles. The minimum Gasteiger partial charge on any atom is -0.325 e. The summed E-state index contributed by atoms with van der Waals surface area (Å²) in [6.07, 6.45) is 0. The maximum atomic E-state index is 13.3. The summed E-state index contributed by atoms with van der Waals surface area (Å²) < 4.78 is 15.6. The number of rotatable bonds is 3. The first kappa shape index (κ1) is 13.3. The van der Waals surface area contributed by atoms with E-state index in [4.69, 9.17) is 5.73 Å². The van der Waals surface area contributed by atoms with E-state index in [-0.39, 0.29) is 5.82 Å². The zero-order valence-corrected chi connectivity index (χ0v) is 12.3. The fourth-order valence-corrected chi connectivity index (χ4v) is 2.70. The van der Waals surface area contributed by atoms with Gasteiger partial charge in [-0.05, 0) is 39.7 Å². The molecule has 0 radical (unpaired) electrons. The quantitative estimate of drug-likeness (QED) is 0.797. The van der Waals surface area contributed by atoms with E-state index in [9.17, 15) is 4.39 Å². The van der Waals surface area contributed by atoms with Crippen LogP contribution in [0.5, 0.6) is 0 Å². The zero-order valence-electron chi connectivity index (χ0n) is 10.7. The summed E-state index contributed by atoms with van der Waals surface area (Å²) in [6.45, 7) is 0.986. The largest absolute Gasteiger partial charge is 0.325 e. The van der Waals surface area contributed by atoms with Gasteiger partial charge in [-0.25, -0.2) is 4.39 Å². The van der Waals surface area contributed by atoms with Gasteiger partial charge in [0.1, 0.15) is 5.82 Å². The van der Waals surface area contributed by atoms with Gasteiger partial charge in [-0.1, -0.05) is 24.3 Å². The third kappa shape index (κ3) is 2.34.